The van der Waals surface area contributed by atoms with Crippen molar-refractivity contribution in [2.24, 2.45) is 4.99 Å². The topological polar surface area (TPSA) is 42.7 Å². The summed E-state index contributed by atoms with van der Waals surface area (Å²) in [6, 6.07) is 0. The third-order valence-corrected chi connectivity index (χ3v) is 0.835. The van der Waals surface area contributed by atoms with Gasteiger partial charge in [0, 0.05) is 28.2 Å². The van der Waals surface area contributed by atoms with E-state index in [0.29, 0.717) is 0 Å². The summed E-state index contributed by atoms with van der Waals surface area (Å²) in [6.07, 6.45) is 1.60. The number of nitrogens with one attached hydrogen (secondary N) is 1. The number of hydrogen-bond donors (Lipinski definition) is 1. The minimum absolute atomic E-state index is 0.258. The van der Waals surface area contributed by atoms with Crippen LogP contribution in [0.15, 0.2) is 4.99 Å². The summed E-state index contributed by atoms with van der Waals surface area (Å²) in [6.45, 7) is 0. The van der Waals surface area contributed by atoms with Crippen LogP contribution in [0.2, 0.25) is 0 Å². The lowest BCUT2D eigenvalue weighted by molar-refractivity contribution is 0.603. The number of hydrogen-bond acceptors (Lipinski definition) is 1. The number of rotatable bonds is 1. The lowest BCUT2D eigenvalue weighted by Crippen LogP contribution is -2.20. The van der Waals surface area contributed by atoms with Crippen LogP contribution < -0.4 is 0 Å². The number of nitrogens with zero attached hydrogens (tertiary/aromatic N) is 3. The van der Waals surface area contributed by atoms with Crippen LogP contribution in [-0.4, -0.2) is 50.3 Å². The van der Waals surface area contributed by atoms with Gasteiger partial charge in [-0.05, 0) is 0 Å². The van der Waals surface area contributed by atoms with Crippen molar-refractivity contribution < 1.29 is 0 Å². The van der Waals surface area contributed by atoms with Crippen molar-refractivity contribution in [2.45, 2.75) is 0 Å². The van der Waals surface area contributed by atoms with Gasteiger partial charge >= 0.3 is 0 Å². The molecule has 0 saturated carbocycles. The molecule has 0 spiro atoms. The highest BCUT2D eigenvalue weighted by Gasteiger charge is 1.91. The van der Waals surface area contributed by atoms with Gasteiger partial charge in [-0.3, -0.25) is 5.41 Å². The summed E-state index contributed by atoms with van der Waals surface area (Å²) in [5.41, 5.74) is 0. The molecule has 4 nitrogen and oxygen atoms in total. The second kappa shape index (κ2) is 3.87. The monoisotopic (exact) mass is 142 g/mol. The minimum Gasteiger partial charge on any atom is -0.369 e. The number of guanidine groups is 1. The summed E-state index contributed by atoms with van der Waals surface area (Å²) in [7, 11) is 7.31. The summed E-state index contributed by atoms with van der Waals surface area (Å²) < 4.78 is 0. The van der Waals surface area contributed by atoms with Gasteiger partial charge in [-0.25, -0.2) is 4.99 Å². The second-order valence-electron chi connectivity index (χ2n) is 2.43. The highest BCUT2D eigenvalue weighted by molar-refractivity contribution is 5.84. The first-order chi connectivity index (χ1) is 4.54. The maximum Gasteiger partial charge on any atom is 0.218 e. The molecule has 0 radical (unpaired) electrons. The summed E-state index contributed by atoms with van der Waals surface area (Å²) in [5.74, 6) is 0.258. The van der Waals surface area contributed by atoms with E-state index < -0.39 is 0 Å². The zero-order chi connectivity index (χ0) is 8.15. The fourth-order valence-corrected chi connectivity index (χ4v) is 0.286. The predicted molar refractivity (Wildman–Crippen MR) is 43.6 cm³/mol. The van der Waals surface area contributed by atoms with E-state index in [1.807, 2.05) is 14.1 Å². The highest BCUT2D eigenvalue weighted by atomic mass is 15.2. The molecular formula is C6H14N4. The quantitative estimate of drug-likeness (QED) is 0.416. The van der Waals surface area contributed by atoms with Gasteiger partial charge in [-0.15, -0.1) is 0 Å². The van der Waals surface area contributed by atoms with Crippen molar-refractivity contribution in [2.75, 3.05) is 28.2 Å². The average molecular weight is 142 g/mol. The molecule has 0 atom stereocenters. The molecule has 0 aliphatic rings. The van der Waals surface area contributed by atoms with Crippen LogP contribution in [0.3, 0.4) is 0 Å². The molecule has 4 heteroatoms. The Kier molecular flexibility index (Phi) is 3.46. The first kappa shape index (κ1) is 8.94. The van der Waals surface area contributed by atoms with Crippen LogP contribution in [0.5, 0.6) is 0 Å². The molecule has 0 saturated heterocycles. The van der Waals surface area contributed by atoms with E-state index in [0.717, 1.165) is 0 Å². The van der Waals surface area contributed by atoms with Crippen LogP contribution in [0.1, 0.15) is 0 Å². The highest BCUT2D eigenvalue weighted by Crippen LogP contribution is 1.79. The van der Waals surface area contributed by atoms with E-state index >= 15 is 0 Å². The van der Waals surface area contributed by atoms with Gasteiger partial charge in [-0.1, -0.05) is 0 Å². The van der Waals surface area contributed by atoms with E-state index in [1.165, 1.54) is 0 Å². The molecule has 0 aliphatic heterocycles. The first-order valence-corrected chi connectivity index (χ1v) is 3.00. The molecule has 0 aliphatic carbocycles. The van der Waals surface area contributed by atoms with E-state index in [4.69, 9.17) is 5.41 Å². The van der Waals surface area contributed by atoms with Crippen LogP contribution in [0.25, 0.3) is 0 Å². The molecule has 0 amide bonds. The normalized spacial score (nSPS) is 10.0. The van der Waals surface area contributed by atoms with Crippen molar-refractivity contribution in [1.82, 2.24) is 9.80 Å². The second-order valence-corrected chi connectivity index (χ2v) is 2.43. The average Bonchev–Trinajstić information content (AvgIpc) is 1.82. The van der Waals surface area contributed by atoms with Gasteiger partial charge in [0.05, 0.1) is 6.34 Å². The van der Waals surface area contributed by atoms with E-state index in [9.17, 15) is 0 Å². The van der Waals surface area contributed by atoms with Gasteiger partial charge in [0.2, 0.25) is 5.96 Å². The predicted octanol–water partition coefficient (Wildman–Crippen LogP) is 0.0727. The van der Waals surface area contributed by atoms with Gasteiger partial charge in [0.1, 0.15) is 0 Å². The lowest BCUT2D eigenvalue weighted by atomic mass is 10.8. The zero-order valence-corrected chi connectivity index (χ0v) is 6.92. The van der Waals surface area contributed by atoms with Gasteiger partial charge in [-0.2, -0.15) is 0 Å². The van der Waals surface area contributed by atoms with E-state index in [1.54, 1.807) is 30.2 Å². The molecule has 10 heavy (non-hydrogen) atoms. The lowest BCUT2D eigenvalue weighted by Gasteiger charge is -2.09. The van der Waals surface area contributed by atoms with E-state index in [-0.39, 0.29) is 5.96 Å². The molecule has 0 aromatic carbocycles. The molecular weight excluding hydrogens is 128 g/mol. The van der Waals surface area contributed by atoms with Crippen LogP contribution >= 0.6 is 0 Å². The maximum atomic E-state index is 7.24. The Hall–Kier alpha value is -1.06. The van der Waals surface area contributed by atoms with Gasteiger partial charge in [0.15, 0.2) is 0 Å². The molecule has 0 unspecified atom stereocenters. The molecule has 0 bridgehead atoms. The fourth-order valence-electron chi connectivity index (χ4n) is 0.286. The zero-order valence-electron chi connectivity index (χ0n) is 6.92. The SMILES string of the molecule is CN(C)C=NC(=N)N(C)C. The standard InChI is InChI=1S/C6H14N4/c1-9(2)5-8-6(7)10(3)4/h5,7H,1-4H3. The third kappa shape index (κ3) is 3.88. The Morgan fingerprint density at radius 2 is 1.80 bits per heavy atom. The molecule has 0 rings (SSSR count). The van der Waals surface area contributed by atoms with Crippen molar-refractivity contribution in [3.05, 3.63) is 0 Å². The largest absolute Gasteiger partial charge is 0.369 e. The fraction of sp³-hybridized carbons (Fsp3) is 0.667. The smallest absolute Gasteiger partial charge is 0.218 e. The third-order valence-electron chi connectivity index (χ3n) is 0.835. The van der Waals surface area contributed by atoms with Crippen LogP contribution in [0, 0.1) is 5.41 Å². The Labute approximate surface area is 61.7 Å². The van der Waals surface area contributed by atoms with Gasteiger partial charge in [0.25, 0.3) is 0 Å². The minimum atomic E-state index is 0.258. The Morgan fingerprint density at radius 3 is 2.10 bits per heavy atom. The van der Waals surface area contributed by atoms with Crippen molar-refractivity contribution >= 4 is 12.3 Å². The Balaban J connectivity index is 3.79. The van der Waals surface area contributed by atoms with Crippen LogP contribution in [-0.2, 0) is 0 Å². The molecule has 1 N–H and O–H groups in total. The summed E-state index contributed by atoms with van der Waals surface area (Å²) in [4.78, 5) is 7.26. The van der Waals surface area contributed by atoms with E-state index in [2.05, 4.69) is 4.99 Å². The Morgan fingerprint density at radius 1 is 1.30 bits per heavy atom. The van der Waals surface area contributed by atoms with Crippen molar-refractivity contribution in [3.63, 3.8) is 0 Å². The molecule has 0 heterocycles. The molecule has 0 aromatic rings. The molecule has 0 aromatic heterocycles. The molecule has 58 valence electrons. The first-order valence-electron chi connectivity index (χ1n) is 3.00. The van der Waals surface area contributed by atoms with Crippen molar-refractivity contribution in [3.8, 4) is 0 Å². The van der Waals surface area contributed by atoms with Gasteiger partial charge < -0.3 is 9.80 Å². The summed E-state index contributed by atoms with van der Waals surface area (Å²) >= 11 is 0. The molecule has 0 fully saturated rings. The summed E-state index contributed by atoms with van der Waals surface area (Å²) in [5, 5.41) is 7.24. The Bertz CT molecular complexity index is 137. The number of aliphatic imine (C=N–C) groups is 1. The van der Waals surface area contributed by atoms with Crippen molar-refractivity contribution in [1.29, 1.82) is 5.41 Å². The maximum absolute atomic E-state index is 7.24. The van der Waals surface area contributed by atoms with Crippen LogP contribution in [0.4, 0.5) is 0 Å².